The first-order valence-electron chi connectivity index (χ1n) is 11.8. The van der Waals surface area contributed by atoms with Gasteiger partial charge < -0.3 is 14.4 Å². The van der Waals surface area contributed by atoms with Crippen LogP contribution in [0.4, 0.5) is 5.82 Å². The van der Waals surface area contributed by atoms with Crippen LogP contribution in [0.25, 0.3) is 27.8 Å². The van der Waals surface area contributed by atoms with Crippen molar-refractivity contribution in [3.05, 3.63) is 95.1 Å². The molecule has 0 N–H and O–H groups in total. The Morgan fingerprint density at radius 1 is 0.886 bits per heavy atom. The summed E-state index contributed by atoms with van der Waals surface area (Å²) in [7, 11) is 0. The number of piperazine rings is 1. The Morgan fingerprint density at radius 2 is 1.66 bits per heavy atom. The monoisotopic (exact) mass is 479 g/mol. The van der Waals surface area contributed by atoms with Gasteiger partial charge in [0, 0.05) is 43.6 Å². The lowest BCUT2D eigenvalue weighted by molar-refractivity contribution is 0.0751. The smallest absolute Gasteiger partial charge is 0.264 e. The van der Waals surface area contributed by atoms with E-state index >= 15 is 0 Å². The van der Waals surface area contributed by atoms with Gasteiger partial charge in [-0.25, -0.2) is 9.97 Å². The van der Waals surface area contributed by atoms with Gasteiger partial charge in [-0.2, -0.15) is 0 Å². The summed E-state index contributed by atoms with van der Waals surface area (Å²) in [5, 5.41) is 2.99. The largest absolute Gasteiger partial charge is 0.352 e. The van der Waals surface area contributed by atoms with Gasteiger partial charge in [0.05, 0.1) is 10.3 Å². The fraction of sp³-hybridized carbons (Fsp3) is 0.179. The number of hydrogen-bond acceptors (Lipinski definition) is 5. The van der Waals surface area contributed by atoms with Gasteiger partial charge in [-0.3, -0.25) is 4.79 Å². The predicted molar refractivity (Wildman–Crippen MR) is 141 cm³/mol. The number of para-hydroxylation sites is 1. The first kappa shape index (κ1) is 21.6. The normalized spacial score (nSPS) is 14.0. The topological polar surface area (TPSA) is 54.3 Å². The molecule has 5 aromatic rings. The summed E-state index contributed by atoms with van der Waals surface area (Å²) in [5.74, 6) is 1.03. The summed E-state index contributed by atoms with van der Waals surface area (Å²) < 4.78 is 2.18. The maximum atomic E-state index is 12.8. The molecule has 1 fully saturated rings. The third kappa shape index (κ3) is 3.88. The fourth-order valence-corrected chi connectivity index (χ4v) is 5.51. The molecule has 1 amide bonds. The zero-order valence-corrected chi connectivity index (χ0v) is 20.3. The number of rotatable bonds is 4. The summed E-state index contributed by atoms with van der Waals surface area (Å²) in [6.45, 7) is 4.91. The van der Waals surface area contributed by atoms with Crippen LogP contribution in [0.2, 0.25) is 0 Å². The molecule has 3 aromatic heterocycles. The molecule has 0 saturated carbocycles. The van der Waals surface area contributed by atoms with Gasteiger partial charge in [0.2, 0.25) is 0 Å². The Balaban J connectivity index is 1.42. The highest BCUT2D eigenvalue weighted by Crippen LogP contribution is 2.37. The highest BCUT2D eigenvalue weighted by molar-refractivity contribution is 7.12. The SMILES string of the molecule is Cc1ccccc1-n1cc(-c2ccccc2)c2c(N3CCN(C(=O)c4cccs4)CC3)ncnc21. The standard InChI is InChI=1S/C28H25N5OS/c1-20-8-5-6-11-23(20)33-18-22(21-9-3-2-4-10-21)25-26(29-19-30-27(25)33)31-13-15-32(16-14-31)28(34)24-12-7-17-35-24/h2-12,17-19H,13-16H2,1H3. The van der Waals surface area contributed by atoms with Crippen molar-refractivity contribution >= 4 is 34.1 Å². The number of carbonyl (C=O) groups is 1. The van der Waals surface area contributed by atoms with Crippen molar-refractivity contribution in [2.45, 2.75) is 6.92 Å². The molecule has 174 valence electrons. The van der Waals surface area contributed by atoms with Gasteiger partial charge in [-0.15, -0.1) is 11.3 Å². The first-order chi connectivity index (χ1) is 17.2. The van der Waals surface area contributed by atoms with Crippen molar-refractivity contribution in [1.82, 2.24) is 19.4 Å². The van der Waals surface area contributed by atoms with E-state index in [1.54, 1.807) is 6.33 Å². The molecule has 4 heterocycles. The van der Waals surface area contributed by atoms with E-state index in [-0.39, 0.29) is 5.91 Å². The van der Waals surface area contributed by atoms with Crippen molar-refractivity contribution in [3.63, 3.8) is 0 Å². The van der Waals surface area contributed by atoms with E-state index in [4.69, 9.17) is 9.97 Å². The van der Waals surface area contributed by atoms with Crippen molar-refractivity contribution in [1.29, 1.82) is 0 Å². The van der Waals surface area contributed by atoms with E-state index in [0.29, 0.717) is 13.1 Å². The Morgan fingerprint density at radius 3 is 2.40 bits per heavy atom. The molecule has 0 bridgehead atoms. The van der Waals surface area contributed by atoms with E-state index in [9.17, 15) is 4.79 Å². The number of benzene rings is 2. The van der Waals surface area contributed by atoms with Crippen LogP contribution in [0.3, 0.4) is 0 Å². The lowest BCUT2D eigenvalue weighted by Crippen LogP contribution is -2.49. The number of aryl methyl sites for hydroxylation is 1. The summed E-state index contributed by atoms with van der Waals surface area (Å²) in [5.41, 5.74) is 5.42. The van der Waals surface area contributed by atoms with Crippen molar-refractivity contribution in [2.75, 3.05) is 31.1 Å². The average molecular weight is 480 g/mol. The molecule has 0 spiro atoms. The number of amides is 1. The van der Waals surface area contributed by atoms with E-state index in [2.05, 4.69) is 71.1 Å². The number of nitrogens with zero attached hydrogens (tertiary/aromatic N) is 5. The number of aromatic nitrogens is 3. The molecule has 6 nitrogen and oxygen atoms in total. The Bertz CT molecular complexity index is 1480. The van der Waals surface area contributed by atoms with Crippen LogP contribution in [0.15, 0.2) is 84.6 Å². The lowest BCUT2D eigenvalue weighted by Gasteiger charge is -2.35. The van der Waals surface area contributed by atoms with Crippen LogP contribution in [0, 0.1) is 6.92 Å². The Hall–Kier alpha value is -3.97. The predicted octanol–water partition coefficient (Wildman–Crippen LogP) is 5.42. The Labute approximate surface area is 208 Å². The average Bonchev–Trinajstić information content (AvgIpc) is 3.58. The second kappa shape index (κ2) is 9.00. The zero-order valence-electron chi connectivity index (χ0n) is 19.5. The first-order valence-corrected chi connectivity index (χ1v) is 12.6. The van der Waals surface area contributed by atoms with E-state index in [1.165, 1.54) is 16.9 Å². The molecule has 1 aliphatic rings. The molecular weight excluding hydrogens is 454 g/mol. The van der Waals surface area contributed by atoms with Crippen molar-refractivity contribution < 1.29 is 4.79 Å². The second-order valence-electron chi connectivity index (χ2n) is 8.72. The highest BCUT2D eigenvalue weighted by atomic mass is 32.1. The van der Waals surface area contributed by atoms with Gasteiger partial charge in [0.25, 0.3) is 5.91 Å². The maximum absolute atomic E-state index is 12.8. The van der Waals surface area contributed by atoms with Gasteiger partial charge in [0.15, 0.2) is 5.65 Å². The lowest BCUT2D eigenvalue weighted by atomic mass is 10.1. The molecule has 1 aliphatic heterocycles. The molecular formula is C28H25N5OS. The minimum atomic E-state index is 0.114. The molecule has 1 saturated heterocycles. The minimum Gasteiger partial charge on any atom is -0.352 e. The van der Waals surface area contributed by atoms with Crippen molar-refractivity contribution in [3.8, 4) is 16.8 Å². The van der Waals surface area contributed by atoms with Gasteiger partial charge in [-0.05, 0) is 35.6 Å². The number of hydrogen-bond donors (Lipinski definition) is 0. The van der Waals surface area contributed by atoms with E-state index in [1.807, 2.05) is 28.5 Å². The quantitative estimate of drug-likeness (QED) is 0.345. The maximum Gasteiger partial charge on any atom is 0.264 e. The van der Waals surface area contributed by atoms with Gasteiger partial charge in [-0.1, -0.05) is 54.6 Å². The minimum absolute atomic E-state index is 0.114. The molecule has 35 heavy (non-hydrogen) atoms. The molecule has 0 unspecified atom stereocenters. The number of carbonyl (C=O) groups excluding carboxylic acids is 1. The van der Waals surface area contributed by atoms with Crippen LogP contribution >= 0.6 is 11.3 Å². The van der Waals surface area contributed by atoms with Crippen LogP contribution < -0.4 is 4.90 Å². The van der Waals surface area contributed by atoms with E-state index in [0.717, 1.165) is 51.6 Å². The van der Waals surface area contributed by atoms with Crippen LogP contribution in [-0.4, -0.2) is 51.5 Å². The third-order valence-electron chi connectivity index (χ3n) is 6.62. The van der Waals surface area contributed by atoms with Crippen LogP contribution in [-0.2, 0) is 0 Å². The molecule has 2 aromatic carbocycles. The summed E-state index contributed by atoms with van der Waals surface area (Å²) in [6.07, 6.45) is 3.83. The highest BCUT2D eigenvalue weighted by Gasteiger charge is 2.26. The second-order valence-corrected chi connectivity index (χ2v) is 9.67. The zero-order chi connectivity index (χ0) is 23.8. The Kier molecular flexibility index (Phi) is 5.54. The number of fused-ring (bicyclic) bond motifs is 1. The molecule has 7 heteroatoms. The van der Waals surface area contributed by atoms with Crippen LogP contribution in [0.1, 0.15) is 15.2 Å². The molecule has 0 aliphatic carbocycles. The molecule has 6 rings (SSSR count). The number of thiophene rings is 1. The van der Waals surface area contributed by atoms with Crippen molar-refractivity contribution in [2.24, 2.45) is 0 Å². The fourth-order valence-electron chi connectivity index (χ4n) is 4.82. The molecule has 0 radical (unpaired) electrons. The molecule has 0 atom stereocenters. The van der Waals surface area contributed by atoms with Crippen LogP contribution in [0.5, 0.6) is 0 Å². The third-order valence-corrected chi connectivity index (χ3v) is 7.48. The summed E-state index contributed by atoms with van der Waals surface area (Å²) >= 11 is 1.50. The summed E-state index contributed by atoms with van der Waals surface area (Å²) in [4.78, 5) is 27.4. The van der Waals surface area contributed by atoms with Gasteiger partial charge >= 0.3 is 0 Å². The van der Waals surface area contributed by atoms with Gasteiger partial charge in [0.1, 0.15) is 12.1 Å². The summed E-state index contributed by atoms with van der Waals surface area (Å²) in [6, 6.07) is 22.6. The number of anilines is 1. The van der Waals surface area contributed by atoms with E-state index < -0.39 is 0 Å².